The molecule has 9 heteroatoms. The summed E-state index contributed by atoms with van der Waals surface area (Å²) in [5, 5.41) is 27.4. The maximum absolute atomic E-state index is 9.10. The molecule has 0 aromatic heterocycles. The third-order valence-corrected chi connectivity index (χ3v) is 2.84. The first-order valence-corrected chi connectivity index (χ1v) is 7.34. The molecule has 4 N–H and O–H groups in total. The smallest absolute Gasteiger partial charge is 0.414 e. The van der Waals surface area contributed by atoms with Crippen LogP contribution in [0.1, 0.15) is 6.92 Å². The number of ether oxygens (including phenoxy) is 1. The monoisotopic (exact) mass is 397 g/mol. The molecule has 0 heterocycles. The van der Waals surface area contributed by atoms with Gasteiger partial charge in [-0.15, -0.1) is 0 Å². The van der Waals surface area contributed by atoms with E-state index in [0.29, 0.717) is 30.5 Å². The van der Waals surface area contributed by atoms with E-state index >= 15 is 0 Å². The highest BCUT2D eigenvalue weighted by Crippen LogP contribution is 2.27. The summed E-state index contributed by atoms with van der Waals surface area (Å²) >= 11 is 9.30. The van der Waals surface area contributed by atoms with Crippen molar-refractivity contribution in [3.63, 3.8) is 0 Å². The third kappa shape index (κ3) is 10.4. The van der Waals surface area contributed by atoms with Crippen LogP contribution in [0.15, 0.2) is 22.7 Å². The Labute approximate surface area is 141 Å². The number of rotatable bonds is 6. The molecule has 1 aromatic rings. The van der Waals surface area contributed by atoms with E-state index in [4.69, 9.17) is 41.2 Å². The van der Waals surface area contributed by atoms with E-state index in [-0.39, 0.29) is 6.10 Å². The normalized spacial score (nSPS) is 11.1. The zero-order chi connectivity index (χ0) is 17.1. The molecule has 0 amide bonds. The topological polar surface area (TPSA) is 116 Å². The molecular formula is C13H17BrClNO6. The van der Waals surface area contributed by atoms with Crippen LogP contribution in [-0.4, -0.2) is 53.1 Å². The van der Waals surface area contributed by atoms with Crippen molar-refractivity contribution in [1.29, 1.82) is 0 Å². The first-order valence-electron chi connectivity index (χ1n) is 6.17. The van der Waals surface area contributed by atoms with Gasteiger partial charge in [0.1, 0.15) is 12.4 Å². The quantitative estimate of drug-likeness (QED) is 0.425. The Hall–Kier alpha value is -1.35. The van der Waals surface area contributed by atoms with Crippen LogP contribution in [0.3, 0.4) is 0 Å². The predicted molar refractivity (Wildman–Crippen MR) is 84.5 cm³/mol. The first-order chi connectivity index (χ1) is 10.2. The molecule has 0 aliphatic carbocycles. The van der Waals surface area contributed by atoms with Crippen molar-refractivity contribution in [3.8, 4) is 5.75 Å². The lowest BCUT2D eigenvalue weighted by molar-refractivity contribution is -0.159. The highest BCUT2D eigenvalue weighted by atomic mass is 79.9. The van der Waals surface area contributed by atoms with E-state index in [9.17, 15) is 0 Å². The minimum absolute atomic E-state index is 0.337. The largest absolute Gasteiger partial charge is 0.491 e. The van der Waals surface area contributed by atoms with Gasteiger partial charge >= 0.3 is 11.9 Å². The summed E-state index contributed by atoms with van der Waals surface area (Å²) in [7, 11) is 0. The summed E-state index contributed by atoms with van der Waals surface area (Å²) in [5.41, 5.74) is 0. The highest BCUT2D eigenvalue weighted by molar-refractivity contribution is 9.10. The summed E-state index contributed by atoms with van der Waals surface area (Å²) < 4.78 is 6.40. The van der Waals surface area contributed by atoms with Crippen LogP contribution in [0, 0.1) is 0 Å². The van der Waals surface area contributed by atoms with Crippen molar-refractivity contribution in [3.05, 3.63) is 27.7 Å². The van der Waals surface area contributed by atoms with Crippen LogP contribution in [0.4, 0.5) is 0 Å². The standard InChI is InChI=1S/C11H15BrClNO2.C2H2O4/c1-8(15)7-14-4-5-16-11-3-2-9(12)6-10(11)13;3-1(4)2(5)6/h2-3,6,8,14-15H,4-5,7H2,1H3;(H,3,4)(H,5,6). The lowest BCUT2D eigenvalue weighted by Gasteiger charge is -2.10. The zero-order valence-corrected chi connectivity index (χ0v) is 14.1. The number of hydrogen-bond acceptors (Lipinski definition) is 5. The number of nitrogens with one attached hydrogen (secondary N) is 1. The molecule has 0 radical (unpaired) electrons. The van der Waals surface area contributed by atoms with E-state index in [0.717, 1.165) is 4.47 Å². The molecule has 0 aliphatic rings. The number of aliphatic carboxylic acids is 2. The van der Waals surface area contributed by atoms with E-state index in [1.165, 1.54) is 0 Å². The number of aliphatic hydroxyl groups is 1. The second-order valence-corrected chi connectivity index (χ2v) is 5.41. The van der Waals surface area contributed by atoms with Crippen molar-refractivity contribution >= 4 is 39.5 Å². The molecule has 7 nitrogen and oxygen atoms in total. The molecule has 0 saturated carbocycles. The van der Waals surface area contributed by atoms with Crippen molar-refractivity contribution in [2.45, 2.75) is 13.0 Å². The lowest BCUT2D eigenvalue weighted by Crippen LogP contribution is -2.28. The maximum atomic E-state index is 9.10. The first kappa shape index (κ1) is 20.6. The molecule has 124 valence electrons. The van der Waals surface area contributed by atoms with Gasteiger partial charge in [-0.25, -0.2) is 9.59 Å². The van der Waals surface area contributed by atoms with E-state index < -0.39 is 11.9 Å². The minimum Gasteiger partial charge on any atom is -0.491 e. The average Bonchev–Trinajstić information content (AvgIpc) is 2.40. The molecule has 1 aromatic carbocycles. The lowest BCUT2D eigenvalue weighted by atomic mass is 10.3. The molecule has 0 saturated heterocycles. The number of carbonyl (C=O) groups is 2. The van der Waals surface area contributed by atoms with Gasteiger partial charge in [0.15, 0.2) is 0 Å². The summed E-state index contributed by atoms with van der Waals surface area (Å²) in [6.45, 7) is 3.50. The second kappa shape index (κ2) is 11.2. The van der Waals surface area contributed by atoms with Crippen LogP contribution in [0.5, 0.6) is 5.75 Å². The number of halogens is 2. The van der Waals surface area contributed by atoms with Gasteiger partial charge in [-0.1, -0.05) is 27.5 Å². The molecule has 0 fully saturated rings. The Morgan fingerprint density at radius 2 is 1.95 bits per heavy atom. The number of benzene rings is 1. The number of hydrogen-bond donors (Lipinski definition) is 4. The summed E-state index contributed by atoms with van der Waals surface area (Å²) in [6, 6.07) is 5.49. The second-order valence-electron chi connectivity index (χ2n) is 4.09. The molecule has 22 heavy (non-hydrogen) atoms. The molecule has 1 rings (SSSR count). The molecule has 0 spiro atoms. The van der Waals surface area contributed by atoms with E-state index in [1.54, 1.807) is 13.0 Å². The summed E-state index contributed by atoms with van der Waals surface area (Å²) in [6.07, 6.45) is -0.337. The maximum Gasteiger partial charge on any atom is 0.414 e. The summed E-state index contributed by atoms with van der Waals surface area (Å²) in [4.78, 5) is 18.2. The third-order valence-electron chi connectivity index (χ3n) is 2.05. The molecule has 1 atom stereocenters. The minimum atomic E-state index is -1.82. The van der Waals surface area contributed by atoms with Crippen molar-refractivity contribution in [2.24, 2.45) is 0 Å². The Kier molecular flexibility index (Phi) is 10.6. The van der Waals surface area contributed by atoms with Crippen molar-refractivity contribution in [1.82, 2.24) is 5.32 Å². The molecule has 0 bridgehead atoms. The summed E-state index contributed by atoms with van der Waals surface area (Å²) in [5.74, 6) is -2.98. The fraction of sp³-hybridized carbons (Fsp3) is 0.385. The van der Waals surface area contributed by atoms with Crippen molar-refractivity contribution < 1.29 is 29.6 Å². The van der Waals surface area contributed by atoms with Gasteiger partial charge in [-0.05, 0) is 25.1 Å². The molecule has 1 unspecified atom stereocenters. The van der Waals surface area contributed by atoms with Gasteiger partial charge in [-0.3, -0.25) is 0 Å². The van der Waals surface area contributed by atoms with E-state index in [1.807, 2.05) is 12.1 Å². The van der Waals surface area contributed by atoms with Gasteiger partial charge < -0.3 is 25.4 Å². The van der Waals surface area contributed by atoms with Gasteiger partial charge in [0.2, 0.25) is 0 Å². The molecular weight excluding hydrogens is 382 g/mol. The van der Waals surface area contributed by atoms with Crippen LogP contribution >= 0.6 is 27.5 Å². The fourth-order valence-electron chi connectivity index (χ4n) is 1.14. The fourth-order valence-corrected chi connectivity index (χ4v) is 1.86. The highest BCUT2D eigenvalue weighted by Gasteiger charge is 2.04. The Morgan fingerprint density at radius 3 is 2.41 bits per heavy atom. The number of aliphatic hydroxyl groups excluding tert-OH is 1. The predicted octanol–water partition coefficient (Wildman–Crippen LogP) is 1.61. The number of carboxylic acids is 2. The van der Waals surface area contributed by atoms with Crippen molar-refractivity contribution in [2.75, 3.05) is 19.7 Å². The number of carboxylic acid groups (broad SMARTS) is 2. The van der Waals surface area contributed by atoms with Crippen LogP contribution < -0.4 is 10.1 Å². The van der Waals surface area contributed by atoms with Gasteiger partial charge in [0, 0.05) is 17.6 Å². The molecule has 0 aliphatic heterocycles. The Morgan fingerprint density at radius 1 is 1.36 bits per heavy atom. The zero-order valence-electron chi connectivity index (χ0n) is 11.8. The Bertz CT molecular complexity index is 485. The van der Waals surface area contributed by atoms with Gasteiger partial charge in [0.25, 0.3) is 0 Å². The van der Waals surface area contributed by atoms with Crippen LogP contribution in [0.2, 0.25) is 5.02 Å². The Balaban J connectivity index is 0.000000626. The van der Waals surface area contributed by atoms with E-state index in [2.05, 4.69) is 21.2 Å². The van der Waals surface area contributed by atoms with Gasteiger partial charge in [0.05, 0.1) is 11.1 Å². The average molecular weight is 399 g/mol. The van der Waals surface area contributed by atoms with Crippen LogP contribution in [0.25, 0.3) is 0 Å². The SMILES string of the molecule is CC(O)CNCCOc1ccc(Br)cc1Cl.O=C(O)C(=O)O. The van der Waals surface area contributed by atoms with Gasteiger partial charge in [-0.2, -0.15) is 0 Å². The van der Waals surface area contributed by atoms with Crippen LogP contribution in [-0.2, 0) is 9.59 Å².